The van der Waals surface area contributed by atoms with Crippen molar-refractivity contribution >= 4 is 17.7 Å². The topological polar surface area (TPSA) is 95.6 Å². The van der Waals surface area contributed by atoms with Crippen LogP contribution in [0.4, 0.5) is 5.82 Å². The van der Waals surface area contributed by atoms with Crippen molar-refractivity contribution < 1.29 is 4.79 Å². The number of amides is 1. The molecule has 7 heteroatoms. The number of primary amides is 1. The molecule has 1 aromatic carbocycles. The van der Waals surface area contributed by atoms with Crippen molar-refractivity contribution in [2.24, 2.45) is 16.6 Å². The van der Waals surface area contributed by atoms with Crippen LogP contribution in [-0.2, 0) is 17.8 Å². The summed E-state index contributed by atoms with van der Waals surface area (Å²) in [6.07, 6.45) is 4.52. The molecule has 2 aromatic rings. The van der Waals surface area contributed by atoms with Crippen molar-refractivity contribution in [2.45, 2.75) is 32.7 Å². The minimum absolute atomic E-state index is 0.117. The van der Waals surface area contributed by atoms with E-state index in [0.29, 0.717) is 13.1 Å². The molecule has 0 aliphatic carbocycles. The number of aliphatic imine (C=N–C) groups is 1. The number of anilines is 1. The highest BCUT2D eigenvalue weighted by molar-refractivity contribution is 5.80. The van der Waals surface area contributed by atoms with E-state index in [1.54, 1.807) is 6.20 Å². The zero-order chi connectivity index (χ0) is 21.2. The van der Waals surface area contributed by atoms with Crippen molar-refractivity contribution in [2.75, 3.05) is 31.1 Å². The Balaban J connectivity index is 1.64. The molecule has 1 amide bonds. The third-order valence-corrected chi connectivity index (χ3v) is 5.29. The first-order valence-electron chi connectivity index (χ1n) is 10.7. The van der Waals surface area contributed by atoms with Gasteiger partial charge >= 0.3 is 0 Å². The SMILES string of the molecule is CCNC(=NCc1cccnc1N1CCCC(C(N)=O)C1)NCCc1ccccc1. The van der Waals surface area contributed by atoms with E-state index in [0.717, 1.165) is 56.2 Å². The van der Waals surface area contributed by atoms with Crippen LogP contribution in [0.3, 0.4) is 0 Å². The summed E-state index contributed by atoms with van der Waals surface area (Å²) in [5, 5.41) is 6.71. The molecule has 1 unspecified atom stereocenters. The fraction of sp³-hybridized carbons (Fsp3) is 0.435. The predicted octanol–water partition coefficient (Wildman–Crippen LogP) is 2.08. The molecule has 0 radical (unpaired) electrons. The lowest BCUT2D eigenvalue weighted by atomic mass is 9.97. The van der Waals surface area contributed by atoms with Crippen LogP contribution in [0.1, 0.15) is 30.9 Å². The lowest BCUT2D eigenvalue weighted by molar-refractivity contribution is -0.122. The van der Waals surface area contributed by atoms with E-state index in [-0.39, 0.29) is 11.8 Å². The van der Waals surface area contributed by atoms with Gasteiger partial charge in [-0.1, -0.05) is 36.4 Å². The highest BCUT2D eigenvalue weighted by atomic mass is 16.1. The molecule has 7 nitrogen and oxygen atoms in total. The second-order valence-corrected chi connectivity index (χ2v) is 7.53. The van der Waals surface area contributed by atoms with Gasteiger partial charge in [0.05, 0.1) is 12.5 Å². The monoisotopic (exact) mass is 408 g/mol. The van der Waals surface area contributed by atoms with Crippen LogP contribution < -0.4 is 21.3 Å². The fourth-order valence-corrected chi connectivity index (χ4v) is 3.72. The fourth-order valence-electron chi connectivity index (χ4n) is 3.72. The standard InChI is InChI=1S/C23H32N6O/c1-2-25-23(27-14-12-18-8-4-3-5-9-18)28-16-19-10-6-13-26-22(19)29-15-7-11-20(17-29)21(24)30/h3-6,8-10,13,20H,2,7,11-12,14-17H2,1H3,(H2,24,30)(H2,25,27,28). The second-order valence-electron chi connectivity index (χ2n) is 7.53. The maximum atomic E-state index is 11.6. The van der Waals surface area contributed by atoms with Gasteiger partial charge in [-0.3, -0.25) is 4.79 Å². The third kappa shape index (κ3) is 6.20. The number of carbonyl (C=O) groups excluding carboxylic acids is 1. The van der Waals surface area contributed by atoms with Crippen LogP contribution in [0.25, 0.3) is 0 Å². The summed E-state index contributed by atoms with van der Waals surface area (Å²) < 4.78 is 0. The summed E-state index contributed by atoms with van der Waals surface area (Å²) in [4.78, 5) is 23.2. The van der Waals surface area contributed by atoms with E-state index >= 15 is 0 Å². The minimum Gasteiger partial charge on any atom is -0.369 e. The molecule has 2 heterocycles. The number of benzene rings is 1. The van der Waals surface area contributed by atoms with Gasteiger partial charge in [-0.05, 0) is 37.8 Å². The molecule has 1 aliphatic rings. The molecule has 1 atom stereocenters. The molecule has 1 aromatic heterocycles. The summed E-state index contributed by atoms with van der Waals surface area (Å²) in [5.74, 6) is 1.34. The normalized spacial score (nSPS) is 16.9. The Hall–Kier alpha value is -3.09. The van der Waals surface area contributed by atoms with Gasteiger partial charge in [0, 0.05) is 37.9 Å². The average molecular weight is 409 g/mol. The van der Waals surface area contributed by atoms with Gasteiger partial charge in [-0.15, -0.1) is 0 Å². The van der Waals surface area contributed by atoms with Crippen LogP contribution in [0.15, 0.2) is 53.7 Å². The smallest absolute Gasteiger partial charge is 0.222 e. The highest BCUT2D eigenvalue weighted by Gasteiger charge is 2.25. The first-order valence-corrected chi connectivity index (χ1v) is 10.7. The number of hydrogen-bond acceptors (Lipinski definition) is 4. The third-order valence-electron chi connectivity index (χ3n) is 5.29. The van der Waals surface area contributed by atoms with Gasteiger partial charge in [0.15, 0.2) is 5.96 Å². The van der Waals surface area contributed by atoms with Gasteiger partial charge in [0.1, 0.15) is 5.82 Å². The molecular weight excluding hydrogens is 376 g/mol. The average Bonchev–Trinajstić information content (AvgIpc) is 2.78. The zero-order valence-corrected chi connectivity index (χ0v) is 17.7. The Morgan fingerprint density at radius 3 is 2.83 bits per heavy atom. The van der Waals surface area contributed by atoms with Gasteiger partial charge < -0.3 is 21.3 Å². The Bertz CT molecular complexity index is 839. The van der Waals surface area contributed by atoms with Gasteiger partial charge in [0.2, 0.25) is 5.91 Å². The molecule has 0 spiro atoms. The van der Waals surface area contributed by atoms with Crippen molar-refractivity contribution in [3.05, 3.63) is 59.8 Å². The van der Waals surface area contributed by atoms with Crippen LogP contribution in [0, 0.1) is 5.92 Å². The van der Waals surface area contributed by atoms with E-state index in [1.807, 2.05) is 18.2 Å². The van der Waals surface area contributed by atoms with Gasteiger partial charge in [-0.2, -0.15) is 0 Å². The molecule has 30 heavy (non-hydrogen) atoms. The number of pyridine rings is 1. The lowest BCUT2D eigenvalue weighted by Gasteiger charge is -2.33. The van der Waals surface area contributed by atoms with E-state index in [4.69, 9.17) is 10.7 Å². The largest absolute Gasteiger partial charge is 0.369 e. The molecule has 160 valence electrons. The molecule has 4 N–H and O–H groups in total. The predicted molar refractivity (Wildman–Crippen MR) is 121 cm³/mol. The van der Waals surface area contributed by atoms with Crippen molar-refractivity contribution in [3.63, 3.8) is 0 Å². The second kappa shape index (κ2) is 11.2. The molecule has 1 saturated heterocycles. The van der Waals surface area contributed by atoms with E-state index in [1.165, 1.54) is 5.56 Å². The number of carbonyl (C=O) groups is 1. The van der Waals surface area contributed by atoms with Gasteiger partial charge in [-0.25, -0.2) is 9.98 Å². The number of hydrogen-bond donors (Lipinski definition) is 3. The van der Waals surface area contributed by atoms with E-state index in [2.05, 4.69) is 51.7 Å². The number of rotatable bonds is 8. The Kier molecular flexibility index (Phi) is 8.06. The number of guanidine groups is 1. The number of nitrogens with one attached hydrogen (secondary N) is 2. The molecule has 1 fully saturated rings. The molecule has 3 rings (SSSR count). The highest BCUT2D eigenvalue weighted by Crippen LogP contribution is 2.24. The number of nitrogens with two attached hydrogens (primary N) is 1. The van der Waals surface area contributed by atoms with Crippen LogP contribution in [0.2, 0.25) is 0 Å². The lowest BCUT2D eigenvalue weighted by Crippen LogP contribution is -2.42. The summed E-state index contributed by atoms with van der Waals surface area (Å²) in [6, 6.07) is 14.4. The van der Waals surface area contributed by atoms with Crippen LogP contribution in [-0.4, -0.2) is 43.0 Å². The number of nitrogens with zero attached hydrogens (tertiary/aromatic N) is 3. The number of aromatic nitrogens is 1. The molecule has 1 aliphatic heterocycles. The Labute approximate surface area is 178 Å². The Morgan fingerprint density at radius 1 is 1.23 bits per heavy atom. The zero-order valence-electron chi connectivity index (χ0n) is 17.7. The van der Waals surface area contributed by atoms with Crippen molar-refractivity contribution in [1.29, 1.82) is 0 Å². The molecular formula is C23H32N6O. The minimum atomic E-state index is -0.229. The van der Waals surface area contributed by atoms with Crippen LogP contribution >= 0.6 is 0 Å². The summed E-state index contributed by atoms with van der Waals surface area (Å²) in [7, 11) is 0. The van der Waals surface area contributed by atoms with Crippen molar-refractivity contribution in [3.8, 4) is 0 Å². The number of piperidine rings is 1. The van der Waals surface area contributed by atoms with E-state index in [9.17, 15) is 4.79 Å². The molecule has 0 saturated carbocycles. The first-order chi connectivity index (χ1) is 14.7. The Morgan fingerprint density at radius 2 is 2.07 bits per heavy atom. The van der Waals surface area contributed by atoms with Crippen LogP contribution in [0.5, 0.6) is 0 Å². The first kappa shape index (κ1) is 21.6. The quantitative estimate of drug-likeness (QED) is 0.459. The van der Waals surface area contributed by atoms with E-state index < -0.39 is 0 Å². The van der Waals surface area contributed by atoms with Gasteiger partial charge in [0.25, 0.3) is 0 Å². The summed E-state index contributed by atoms with van der Waals surface area (Å²) >= 11 is 0. The molecule has 0 bridgehead atoms. The van der Waals surface area contributed by atoms with Crippen molar-refractivity contribution in [1.82, 2.24) is 15.6 Å². The summed E-state index contributed by atoms with van der Waals surface area (Å²) in [5.41, 5.74) is 7.88. The summed E-state index contributed by atoms with van der Waals surface area (Å²) in [6.45, 7) is 5.68. The maximum absolute atomic E-state index is 11.6. The maximum Gasteiger partial charge on any atom is 0.222 e.